The van der Waals surface area contributed by atoms with E-state index in [0.717, 1.165) is 77.0 Å². The molecule has 4 heterocycles. The largest absolute Gasteiger partial charge is 0.531 e. The van der Waals surface area contributed by atoms with E-state index in [1.54, 1.807) is 64.0 Å². The Morgan fingerprint density at radius 2 is 0.644 bits per heavy atom. The third-order valence-electron chi connectivity index (χ3n) is 20.0. The first kappa shape index (κ1) is 88.0. The van der Waals surface area contributed by atoms with Gasteiger partial charge in [-0.3, -0.25) is 0 Å². The fraction of sp³-hybridized carbons (Fsp3) is 1.00. The molecule has 8 atom stereocenters. The van der Waals surface area contributed by atoms with E-state index in [2.05, 4.69) is 55.4 Å². The van der Waals surface area contributed by atoms with E-state index in [0.29, 0.717) is 92.1 Å². The first-order valence-corrected chi connectivity index (χ1v) is 40.7. The van der Waals surface area contributed by atoms with Gasteiger partial charge in [-0.25, -0.2) is 0 Å². The average molecular weight is 1370 g/mol. The molecule has 0 radical (unpaired) electrons. The Morgan fingerprint density at radius 1 is 0.356 bits per heavy atom. The van der Waals surface area contributed by atoms with E-state index in [9.17, 15) is 0 Å². The van der Waals surface area contributed by atoms with Gasteiger partial charge in [-0.1, -0.05) is 55.4 Å². The quantitative estimate of drug-likeness (QED) is 0.0520. The fourth-order valence-electron chi connectivity index (χ4n) is 13.8. The van der Waals surface area contributed by atoms with E-state index in [1.807, 2.05) is 62.5 Å². The van der Waals surface area contributed by atoms with Crippen LogP contribution in [0.5, 0.6) is 0 Å². The van der Waals surface area contributed by atoms with Crippen LogP contribution < -0.4 is 0 Å². The molecule has 4 rings (SSSR count). The van der Waals surface area contributed by atoms with E-state index in [-0.39, 0.29) is 67.7 Å². The molecule has 4 aliphatic heterocycles. The standard InChI is InChI=1S/C18H38O6Si.C17H36O5Si.C15H32O5Si.C14H30O6Si/c1-8-18(19-7,17(6)14-20-15-17)13-16(21-9-2)25(22-10-3,23-11-4)24-12-5;1-7-17(18-6,16(5)13-19-14-16)11-15(20-8-2)12-23(21-9-3)22-10-4;1-7-15(16-4,14(3)11-19-12-14)9-13(20-8-2)10-21(17-5)18-6;1-8-14(16-4,13(2)10-20-11-13)9-12(15-3)21(17-5,18-6)19-7/h16H,8-15H2,1-7H3;15,23H,7-14H2,1-6H3;13,21H,7-12H2,1-6H3;12H,8-11H2,1-7H3. The Balaban J connectivity index is 0.000000601. The Bertz CT molecular complexity index is 1760. The normalized spacial score (nSPS) is 21.5. The number of rotatable bonds is 48. The second kappa shape index (κ2) is 43.4. The Labute approximate surface area is 553 Å². The molecule has 0 bridgehead atoms. The summed E-state index contributed by atoms with van der Waals surface area (Å²) in [4.78, 5) is 0. The van der Waals surface area contributed by atoms with Gasteiger partial charge in [0.2, 0.25) is 0 Å². The highest BCUT2D eigenvalue weighted by molar-refractivity contribution is 6.62. The van der Waals surface area contributed by atoms with E-state index in [1.165, 1.54) is 0 Å². The van der Waals surface area contributed by atoms with Crippen molar-refractivity contribution in [1.29, 1.82) is 0 Å². The van der Waals surface area contributed by atoms with Crippen molar-refractivity contribution in [1.82, 2.24) is 0 Å². The lowest BCUT2D eigenvalue weighted by Gasteiger charge is -2.54. The maximum atomic E-state index is 6.15. The van der Waals surface area contributed by atoms with Crippen LogP contribution in [0, 0.1) is 21.7 Å². The highest BCUT2D eigenvalue weighted by atomic mass is 28.4. The first-order valence-electron chi connectivity index (χ1n) is 33.6. The molecule has 4 fully saturated rings. The van der Waals surface area contributed by atoms with Gasteiger partial charge in [-0.05, 0) is 81.1 Å². The number of methoxy groups -OCH3 is 5. The van der Waals surface area contributed by atoms with Crippen molar-refractivity contribution >= 4 is 36.2 Å². The maximum Gasteiger partial charge on any atom is 0.531 e. The van der Waals surface area contributed by atoms with Crippen LogP contribution >= 0.6 is 0 Å². The summed E-state index contributed by atoms with van der Waals surface area (Å²) < 4.78 is 127. The summed E-state index contributed by atoms with van der Waals surface area (Å²) in [6, 6.07) is 1.69. The van der Waals surface area contributed by atoms with E-state index < -0.39 is 36.2 Å². The Morgan fingerprint density at radius 3 is 0.856 bits per heavy atom. The van der Waals surface area contributed by atoms with Crippen LogP contribution in [0.15, 0.2) is 0 Å². The molecule has 0 saturated carbocycles. The molecule has 0 spiro atoms. The lowest BCUT2D eigenvalue weighted by Crippen LogP contribution is -2.65. The third kappa shape index (κ3) is 22.0. The summed E-state index contributed by atoms with van der Waals surface area (Å²) in [7, 11) is 7.78. The molecule has 0 aromatic heterocycles. The highest BCUT2D eigenvalue weighted by Gasteiger charge is 2.61. The molecule has 22 nitrogen and oxygen atoms in total. The second-order valence-corrected chi connectivity index (χ2v) is 35.0. The molecular weight excluding hydrogens is 1230 g/mol. The lowest BCUT2D eigenvalue weighted by molar-refractivity contribution is -0.235. The minimum absolute atomic E-state index is 0.0390. The molecule has 540 valence electrons. The van der Waals surface area contributed by atoms with Crippen molar-refractivity contribution < 1.29 is 101 Å². The lowest BCUT2D eigenvalue weighted by atomic mass is 9.67. The van der Waals surface area contributed by atoms with Crippen LogP contribution in [0.1, 0.15) is 162 Å². The molecule has 0 N–H and O–H groups in total. The third-order valence-corrected chi connectivity index (χ3v) is 30.5. The van der Waals surface area contributed by atoms with Gasteiger partial charge in [0.05, 0.1) is 87.5 Å². The van der Waals surface area contributed by atoms with Gasteiger partial charge in [0.1, 0.15) is 11.5 Å². The molecule has 8 unspecified atom stereocenters. The van der Waals surface area contributed by atoms with Gasteiger partial charge in [-0.2, -0.15) is 0 Å². The summed E-state index contributed by atoms with van der Waals surface area (Å²) in [5.41, 5.74) is -1.70. The van der Waals surface area contributed by atoms with Crippen molar-refractivity contribution in [3.8, 4) is 0 Å². The molecule has 0 amide bonds. The topological polar surface area (TPSA) is 203 Å². The minimum atomic E-state index is -3.00. The zero-order valence-electron chi connectivity index (χ0n) is 61.8. The van der Waals surface area contributed by atoms with Gasteiger partial charge in [-0.15, -0.1) is 0 Å². The van der Waals surface area contributed by atoms with Crippen LogP contribution in [0.4, 0.5) is 0 Å². The van der Waals surface area contributed by atoms with Gasteiger partial charge in [0, 0.05) is 183 Å². The predicted molar refractivity (Wildman–Crippen MR) is 360 cm³/mol. The summed E-state index contributed by atoms with van der Waals surface area (Å²) in [5, 5.41) is 0. The molecule has 0 aliphatic carbocycles. The average Bonchev–Trinajstić information content (AvgIpc) is 0.786. The minimum Gasteiger partial charge on any atom is -0.400 e. The summed E-state index contributed by atoms with van der Waals surface area (Å²) >= 11 is 0. The second-order valence-electron chi connectivity index (χ2n) is 24.9. The predicted octanol–water partition coefficient (Wildman–Crippen LogP) is 9.87. The summed E-state index contributed by atoms with van der Waals surface area (Å²) in [6.45, 7) is 44.3. The van der Waals surface area contributed by atoms with Crippen molar-refractivity contribution in [2.45, 2.75) is 220 Å². The zero-order chi connectivity index (χ0) is 68.4. The smallest absolute Gasteiger partial charge is 0.400 e. The number of hydrogen-bond donors (Lipinski definition) is 0. The molecule has 0 aromatic rings. The summed E-state index contributed by atoms with van der Waals surface area (Å²) in [6.07, 6.45) is 6.82. The Kier molecular flexibility index (Phi) is 42.4. The van der Waals surface area contributed by atoms with Crippen LogP contribution in [0.25, 0.3) is 0 Å². The molecule has 0 aromatic carbocycles. The van der Waals surface area contributed by atoms with E-state index >= 15 is 0 Å². The maximum absolute atomic E-state index is 6.15. The Hall–Kier alpha value is -0.0125. The van der Waals surface area contributed by atoms with Crippen LogP contribution in [0.3, 0.4) is 0 Å². The SMILES string of the molecule is CCC(CC(OC)[Si](OC)(OC)OC)(OC)C1(C)COC1.CCOC(CC(CC)(OC)C1(C)COC1)[Si](OCC)(OCC)OCC.CCOC(C[SiH](OC)OC)CC(CC)(OC)C1(C)COC1.CCOC(C[SiH](OCC)OCC)CC(CC)(OC)C1(C)COC1. The van der Waals surface area contributed by atoms with Gasteiger partial charge in [0.25, 0.3) is 0 Å². The molecule has 4 saturated heterocycles. The number of ether oxygens (including phenoxy) is 12. The van der Waals surface area contributed by atoms with Crippen LogP contribution in [0.2, 0.25) is 12.1 Å². The highest BCUT2D eigenvalue weighted by Crippen LogP contribution is 2.50. The van der Waals surface area contributed by atoms with Crippen LogP contribution in [-0.2, 0) is 101 Å². The monoisotopic (exact) mass is 1370 g/mol. The number of hydrogen-bond acceptors (Lipinski definition) is 22. The van der Waals surface area contributed by atoms with Gasteiger partial charge >= 0.3 is 36.2 Å². The molecule has 26 heteroatoms. The fourth-order valence-corrected chi connectivity index (χ4v) is 22.1. The molecular formula is C64H136O22Si4. The van der Waals surface area contributed by atoms with Crippen molar-refractivity contribution in [2.24, 2.45) is 21.7 Å². The van der Waals surface area contributed by atoms with Gasteiger partial charge in [0.15, 0.2) is 0 Å². The zero-order valence-corrected chi connectivity index (χ0v) is 66.1. The summed E-state index contributed by atoms with van der Waals surface area (Å²) in [5.74, 6) is 0. The molecule has 4 aliphatic rings. The van der Waals surface area contributed by atoms with Crippen molar-refractivity contribution in [3.05, 3.63) is 0 Å². The van der Waals surface area contributed by atoms with Crippen molar-refractivity contribution in [2.75, 3.05) is 177 Å². The van der Waals surface area contributed by atoms with Gasteiger partial charge < -0.3 is 101 Å². The first-order chi connectivity index (χ1) is 42.9. The van der Waals surface area contributed by atoms with Crippen molar-refractivity contribution in [3.63, 3.8) is 0 Å². The molecule has 90 heavy (non-hydrogen) atoms. The van der Waals surface area contributed by atoms with E-state index in [4.69, 9.17) is 101 Å². The van der Waals surface area contributed by atoms with Crippen LogP contribution in [-0.4, -0.2) is 259 Å².